The van der Waals surface area contributed by atoms with Crippen molar-refractivity contribution in [2.45, 2.75) is 13.8 Å². The monoisotopic (exact) mass is 469 g/mol. The molecule has 0 atom stereocenters. The highest BCUT2D eigenvalue weighted by atomic mass is 35.5. The van der Waals surface area contributed by atoms with E-state index in [0.29, 0.717) is 32.4 Å². The summed E-state index contributed by atoms with van der Waals surface area (Å²) < 4.78 is 0. The molecule has 4 nitrogen and oxygen atoms in total. The van der Waals surface area contributed by atoms with Gasteiger partial charge in [0.25, 0.3) is 5.91 Å². The molecule has 2 aromatic rings. The summed E-state index contributed by atoms with van der Waals surface area (Å²) in [5, 5.41) is 1.47. The molecule has 4 rings (SSSR count). The molecular weight excluding hydrogens is 449 g/mol. The molecule has 0 radical (unpaired) electrons. The van der Waals surface area contributed by atoms with E-state index in [1.807, 2.05) is 6.08 Å². The summed E-state index contributed by atoms with van der Waals surface area (Å²) in [5.74, 6) is -0.0858. The average Bonchev–Trinajstić information content (AvgIpc) is 3.05. The van der Waals surface area contributed by atoms with Crippen LogP contribution in [0.4, 0.5) is 11.4 Å². The lowest BCUT2D eigenvalue weighted by Gasteiger charge is -2.30. The number of aliphatic imine (C=N–C) groups is 1. The van der Waals surface area contributed by atoms with Crippen molar-refractivity contribution in [2.24, 2.45) is 4.99 Å². The number of rotatable bonds is 4. The van der Waals surface area contributed by atoms with Crippen molar-refractivity contribution in [3.63, 3.8) is 0 Å². The zero-order valence-corrected chi connectivity index (χ0v) is 19.6. The number of fused-ring (bicyclic) bond motifs is 1. The van der Waals surface area contributed by atoms with Gasteiger partial charge >= 0.3 is 0 Å². The number of halogens is 2. The molecule has 2 aliphatic heterocycles. The fourth-order valence-electron chi connectivity index (χ4n) is 3.58. The van der Waals surface area contributed by atoms with Crippen molar-refractivity contribution < 1.29 is 4.79 Å². The average molecular weight is 470 g/mol. The standard InChI is InChI=1S/C24H21Cl2N3OS/c1-4-12-29-23(30)22(31-24(29)27-17-8-9-18(25)19(26)14-17)21-11-7-16-13-15(3)6-10-20(16)28(21)5-2/h4,6-11,13-14H,1,5,12H2,2-3H3. The van der Waals surface area contributed by atoms with E-state index in [-0.39, 0.29) is 5.91 Å². The maximum atomic E-state index is 13.4. The number of nitrogens with zero attached hydrogens (tertiary/aromatic N) is 3. The number of anilines is 1. The molecule has 31 heavy (non-hydrogen) atoms. The lowest BCUT2D eigenvalue weighted by Crippen LogP contribution is -2.31. The maximum Gasteiger partial charge on any atom is 0.269 e. The molecule has 0 unspecified atom stereocenters. The van der Waals surface area contributed by atoms with E-state index < -0.39 is 0 Å². The van der Waals surface area contributed by atoms with Gasteiger partial charge in [0, 0.05) is 18.8 Å². The van der Waals surface area contributed by atoms with Gasteiger partial charge in [-0.3, -0.25) is 9.69 Å². The Hall–Kier alpha value is -2.47. The fraction of sp³-hybridized carbons (Fsp3) is 0.167. The Morgan fingerprint density at radius 3 is 2.61 bits per heavy atom. The van der Waals surface area contributed by atoms with Crippen LogP contribution in [0.2, 0.25) is 10.0 Å². The van der Waals surface area contributed by atoms with E-state index in [0.717, 1.165) is 23.5 Å². The van der Waals surface area contributed by atoms with Gasteiger partial charge in [0.15, 0.2) is 5.17 Å². The van der Waals surface area contributed by atoms with Crippen molar-refractivity contribution in [1.29, 1.82) is 0 Å². The third-order valence-electron chi connectivity index (χ3n) is 5.04. The van der Waals surface area contributed by atoms with Gasteiger partial charge in [-0.05, 0) is 67.6 Å². The Bertz CT molecular complexity index is 1170. The van der Waals surface area contributed by atoms with Crippen LogP contribution in [0.5, 0.6) is 0 Å². The number of amides is 1. The van der Waals surface area contributed by atoms with Crippen LogP contribution in [-0.2, 0) is 4.79 Å². The van der Waals surface area contributed by atoms with Crippen LogP contribution in [0.15, 0.2) is 70.7 Å². The van der Waals surface area contributed by atoms with Gasteiger partial charge in [0.2, 0.25) is 0 Å². The van der Waals surface area contributed by atoms with Gasteiger partial charge in [0.05, 0.1) is 21.4 Å². The number of allylic oxidation sites excluding steroid dienone is 1. The summed E-state index contributed by atoms with van der Waals surface area (Å²) in [6.45, 7) is 9.07. The lowest BCUT2D eigenvalue weighted by molar-refractivity contribution is -0.121. The Kier molecular flexibility index (Phi) is 6.28. The van der Waals surface area contributed by atoms with Crippen molar-refractivity contribution >= 4 is 63.5 Å². The van der Waals surface area contributed by atoms with Crippen LogP contribution in [0.1, 0.15) is 18.1 Å². The summed E-state index contributed by atoms with van der Waals surface area (Å²) in [6, 6.07) is 11.5. The van der Waals surface area contributed by atoms with Gasteiger partial charge in [-0.1, -0.05) is 47.0 Å². The maximum absolute atomic E-state index is 13.4. The highest BCUT2D eigenvalue weighted by molar-refractivity contribution is 8.18. The van der Waals surface area contributed by atoms with Crippen LogP contribution in [0.3, 0.4) is 0 Å². The molecule has 1 saturated heterocycles. The van der Waals surface area contributed by atoms with E-state index >= 15 is 0 Å². The minimum Gasteiger partial charge on any atom is -0.340 e. The number of hydrogen-bond donors (Lipinski definition) is 0. The van der Waals surface area contributed by atoms with Gasteiger partial charge in [0.1, 0.15) is 4.91 Å². The highest BCUT2D eigenvalue weighted by Gasteiger charge is 2.36. The second-order valence-electron chi connectivity index (χ2n) is 7.15. The lowest BCUT2D eigenvalue weighted by atomic mass is 10.0. The predicted molar refractivity (Wildman–Crippen MR) is 133 cm³/mol. The first-order chi connectivity index (χ1) is 14.9. The molecule has 0 aromatic heterocycles. The normalized spacial score (nSPS) is 19.4. The van der Waals surface area contributed by atoms with Crippen molar-refractivity contribution in [2.75, 3.05) is 18.0 Å². The largest absolute Gasteiger partial charge is 0.340 e. The summed E-state index contributed by atoms with van der Waals surface area (Å²) in [5.41, 5.74) is 4.96. The summed E-state index contributed by atoms with van der Waals surface area (Å²) in [7, 11) is 0. The van der Waals surface area contributed by atoms with Crippen LogP contribution >= 0.6 is 35.0 Å². The number of carbonyl (C=O) groups is 1. The molecule has 0 N–H and O–H groups in total. The Morgan fingerprint density at radius 2 is 1.90 bits per heavy atom. The first-order valence-corrected chi connectivity index (χ1v) is 11.4. The first-order valence-electron chi connectivity index (χ1n) is 9.87. The predicted octanol–water partition coefficient (Wildman–Crippen LogP) is 6.82. The topological polar surface area (TPSA) is 35.9 Å². The molecule has 2 aromatic carbocycles. The number of likely N-dealkylation sites (N-methyl/N-ethyl adjacent to an activating group) is 1. The summed E-state index contributed by atoms with van der Waals surface area (Å²) >= 11 is 13.5. The van der Waals surface area contributed by atoms with Gasteiger partial charge < -0.3 is 4.90 Å². The second-order valence-corrected chi connectivity index (χ2v) is 8.95. The third kappa shape index (κ3) is 4.18. The Balaban J connectivity index is 1.78. The van der Waals surface area contributed by atoms with Crippen molar-refractivity contribution in [1.82, 2.24) is 4.90 Å². The van der Waals surface area contributed by atoms with E-state index in [9.17, 15) is 4.79 Å². The molecular formula is C24H21Cl2N3OS. The summed E-state index contributed by atoms with van der Waals surface area (Å²) in [6.07, 6.45) is 5.78. The highest BCUT2D eigenvalue weighted by Crippen LogP contribution is 2.40. The minimum absolute atomic E-state index is 0.0858. The van der Waals surface area contributed by atoms with Gasteiger partial charge in [-0.25, -0.2) is 4.99 Å². The van der Waals surface area contributed by atoms with Gasteiger partial charge in [-0.2, -0.15) is 0 Å². The second kappa shape index (κ2) is 8.95. The quantitative estimate of drug-likeness (QED) is 0.364. The molecule has 2 heterocycles. The number of benzene rings is 2. The number of thioether (sulfide) groups is 1. The number of aryl methyl sites for hydroxylation is 1. The molecule has 1 fully saturated rings. The molecule has 1 amide bonds. The number of hydrogen-bond acceptors (Lipinski definition) is 4. The van der Waals surface area contributed by atoms with Crippen LogP contribution in [0.25, 0.3) is 6.08 Å². The summed E-state index contributed by atoms with van der Waals surface area (Å²) in [4.78, 5) is 22.5. The molecule has 0 spiro atoms. The van der Waals surface area contributed by atoms with E-state index in [2.05, 4.69) is 54.6 Å². The Labute approximate surface area is 196 Å². The SMILES string of the molecule is C=CCN1C(=O)C(=C2C=Cc3cc(C)ccc3N2CC)SC1=Nc1ccc(Cl)c(Cl)c1. The van der Waals surface area contributed by atoms with Gasteiger partial charge in [-0.15, -0.1) is 6.58 Å². The molecule has 158 valence electrons. The van der Waals surface area contributed by atoms with Crippen LogP contribution in [0, 0.1) is 6.92 Å². The minimum atomic E-state index is -0.0858. The molecule has 0 saturated carbocycles. The van der Waals surface area contributed by atoms with Crippen molar-refractivity contribution in [3.8, 4) is 0 Å². The van der Waals surface area contributed by atoms with E-state index in [4.69, 9.17) is 23.2 Å². The fourth-order valence-corrected chi connectivity index (χ4v) is 4.95. The smallest absolute Gasteiger partial charge is 0.269 e. The first kappa shape index (κ1) is 21.8. The molecule has 0 aliphatic carbocycles. The zero-order chi connectivity index (χ0) is 22.1. The van der Waals surface area contributed by atoms with E-state index in [1.54, 1.807) is 29.2 Å². The van der Waals surface area contributed by atoms with E-state index in [1.165, 1.54) is 17.3 Å². The van der Waals surface area contributed by atoms with Crippen molar-refractivity contribution in [3.05, 3.63) is 86.9 Å². The molecule has 7 heteroatoms. The third-order valence-corrected chi connectivity index (χ3v) is 6.86. The van der Waals surface area contributed by atoms with Crippen LogP contribution in [-0.4, -0.2) is 29.1 Å². The molecule has 2 aliphatic rings. The number of carbonyl (C=O) groups excluding carboxylic acids is 1. The Morgan fingerprint density at radius 1 is 1.10 bits per heavy atom. The van der Waals surface area contributed by atoms with Crippen LogP contribution < -0.4 is 4.90 Å². The number of amidine groups is 1. The molecule has 0 bridgehead atoms. The zero-order valence-electron chi connectivity index (χ0n) is 17.2.